The van der Waals surface area contributed by atoms with Crippen LogP contribution in [0.3, 0.4) is 0 Å². The summed E-state index contributed by atoms with van der Waals surface area (Å²) < 4.78 is 5.55. The van der Waals surface area contributed by atoms with E-state index in [1.54, 1.807) is 0 Å². The highest BCUT2D eigenvalue weighted by Gasteiger charge is 2.59. The highest BCUT2D eigenvalue weighted by Crippen LogP contribution is 2.56. The summed E-state index contributed by atoms with van der Waals surface area (Å²) in [5.41, 5.74) is -0.168. The zero-order valence-corrected chi connectivity index (χ0v) is 11.3. The number of Topliss-reactive ketones (excluding diaryl/α,β-unsaturated/α-hetero) is 1. The topological polar surface area (TPSA) is 29.6 Å². The van der Waals surface area contributed by atoms with Gasteiger partial charge in [0, 0.05) is 11.3 Å². The zero-order chi connectivity index (χ0) is 12.3. The quantitative estimate of drug-likeness (QED) is 0.654. The highest BCUT2D eigenvalue weighted by molar-refractivity contribution is 5.89. The Hall–Kier alpha value is -0.370. The molecule has 2 heteroatoms. The summed E-state index contributed by atoms with van der Waals surface area (Å²) in [4.78, 5) is 12.9. The monoisotopic (exact) mass is 236 g/mol. The van der Waals surface area contributed by atoms with Gasteiger partial charge in [0.15, 0.2) is 0 Å². The Morgan fingerprint density at radius 3 is 2.53 bits per heavy atom. The summed E-state index contributed by atoms with van der Waals surface area (Å²) >= 11 is 0. The Morgan fingerprint density at radius 2 is 1.88 bits per heavy atom. The molecule has 3 fully saturated rings. The van der Waals surface area contributed by atoms with Crippen LogP contribution in [0.2, 0.25) is 0 Å². The molecule has 2 saturated carbocycles. The third-order valence-corrected chi connectivity index (χ3v) is 6.05. The number of hydrogen-bond donors (Lipinski definition) is 0. The number of hydrogen-bond acceptors (Lipinski definition) is 2. The van der Waals surface area contributed by atoms with Gasteiger partial charge in [0.1, 0.15) is 5.78 Å². The molecule has 3 aliphatic rings. The lowest BCUT2D eigenvalue weighted by Gasteiger charge is -2.50. The minimum absolute atomic E-state index is 0.0594. The third kappa shape index (κ3) is 1.53. The average molecular weight is 236 g/mol. The molecular formula is C15H24O2. The van der Waals surface area contributed by atoms with Gasteiger partial charge >= 0.3 is 0 Å². The van der Waals surface area contributed by atoms with Crippen molar-refractivity contribution in [1.29, 1.82) is 0 Å². The molecule has 3 rings (SSSR count). The molecule has 0 N–H and O–H groups in total. The van der Waals surface area contributed by atoms with Gasteiger partial charge in [-0.25, -0.2) is 0 Å². The maximum Gasteiger partial charge on any atom is 0.145 e. The second-order valence-corrected chi connectivity index (χ2v) is 6.91. The van der Waals surface area contributed by atoms with E-state index < -0.39 is 0 Å². The Kier molecular flexibility index (Phi) is 2.46. The molecule has 0 spiro atoms. The Labute approximate surface area is 104 Å². The van der Waals surface area contributed by atoms with Crippen LogP contribution in [-0.2, 0) is 9.53 Å². The van der Waals surface area contributed by atoms with E-state index >= 15 is 0 Å². The van der Waals surface area contributed by atoms with Crippen molar-refractivity contribution < 1.29 is 9.53 Å². The minimum atomic E-state index is -0.109. The van der Waals surface area contributed by atoms with Gasteiger partial charge in [-0.3, -0.25) is 4.79 Å². The first-order valence-electron chi connectivity index (χ1n) is 7.17. The molecule has 5 atom stereocenters. The molecule has 0 aromatic heterocycles. The second-order valence-electron chi connectivity index (χ2n) is 6.91. The molecular weight excluding hydrogens is 212 g/mol. The molecule has 1 saturated heterocycles. The number of rotatable bonds is 1. The van der Waals surface area contributed by atoms with Crippen LogP contribution in [0.1, 0.15) is 52.9 Å². The third-order valence-electron chi connectivity index (χ3n) is 6.05. The lowest BCUT2D eigenvalue weighted by Crippen LogP contribution is -2.53. The Balaban J connectivity index is 1.90. The van der Waals surface area contributed by atoms with Crippen LogP contribution < -0.4 is 0 Å². The summed E-state index contributed by atoms with van der Waals surface area (Å²) in [6.07, 6.45) is 6.09. The lowest BCUT2D eigenvalue weighted by atomic mass is 9.52. The van der Waals surface area contributed by atoms with Crippen molar-refractivity contribution in [2.75, 3.05) is 6.61 Å². The summed E-state index contributed by atoms with van der Waals surface area (Å²) in [7, 11) is 0. The number of ketones is 1. The van der Waals surface area contributed by atoms with Crippen molar-refractivity contribution in [3.05, 3.63) is 0 Å². The lowest BCUT2D eigenvalue weighted by molar-refractivity contribution is -0.149. The average Bonchev–Trinajstić information content (AvgIpc) is 3.02. The predicted octanol–water partition coefficient (Wildman–Crippen LogP) is 3.20. The van der Waals surface area contributed by atoms with Crippen molar-refractivity contribution in [3.8, 4) is 0 Å². The van der Waals surface area contributed by atoms with E-state index in [0.717, 1.165) is 13.0 Å². The van der Waals surface area contributed by atoms with Crippen molar-refractivity contribution >= 4 is 5.78 Å². The van der Waals surface area contributed by atoms with Gasteiger partial charge in [0.25, 0.3) is 0 Å². The van der Waals surface area contributed by atoms with Crippen LogP contribution in [0.4, 0.5) is 0 Å². The van der Waals surface area contributed by atoms with Crippen LogP contribution in [0.15, 0.2) is 0 Å². The van der Waals surface area contributed by atoms with E-state index in [1.165, 1.54) is 25.7 Å². The number of fused-ring (bicyclic) bond motifs is 1. The van der Waals surface area contributed by atoms with Gasteiger partial charge in [-0.05, 0) is 44.4 Å². The van der Waals surface area contributed by atoms with E-state index in [9.17, 15) is 4.79 Å². The van der Waals surface area contributed by atoms with Crippen LogP contribution >= 0.6 is 0 Å². The minimum Gasteiger partial charge on any atom is -0.369 e. The molecule has 2 nitrogen and oxygen atoms in total. The van der Waals surface area contributed by atoms with Gasteiger partial charge in [0.05, 0.1) is 12.2 Å². The maximum atomic E-state index is 12.9. The first-order chi connectivity index (χ1) is 7.98. The predicted molar refractivity (Wildman–Crippen MR) is 66.7 cm³/mol. The van der Waals surface area contributed by atoms with E-state index in [1.807, 2.05) is 0 Å². The van der Waals surface area contributed by atoms with Gasteiger partial charge in [-0.15, -0.1) is 0 Å². The fraction of sp³-hybridized carbons (Fsp3) is 0.933. The number of carbonyl (C=O) groups is 1. The van der Waals surface area contributed by atoms with Crippen molar-refractivity contribution in [2.45, 2.75) is 58.5 Å². The Bertz CT molecular complexity index is 345. The van der Waals surface area contributed by atoms with Crippen molar-refractivity contribution in [2.24, 2.45) is 23.2 Å². The number of epoxide rings is 1. The van der Waals surface area contributed by atoms with Crippen LogP contribution in [0, 0.1) is 23.2 Å². The van der Waals surface area contributed by atoms with Crippen molar-refractivity contribution in [3.63, 3.8) is 0 Å². The van der Waals surface area contributed by atoms with Crippen LogP contribution in [-0.4, -0.2) is 18.0 Å². The summed E-state index contributed by atoms with van der Waals surface area (Å²) in [5, 5.41) is 0. The molecule has 96 valence electrons. The molecule has 0 bridgehead atoms. The van der Waals surface area contributed by atoms with Crippen LogP contribution in [0.5, 0.6) is 0 Å². The van der Waals surface area contributed by atoms with Crippen molar-refractivity contribution in [1.82, 2.24) is 0 Å². The first kappa shape index (κ1) is 11.7. The molecule has 0 aromatic rings. The first-order valence-corrected chi connectivity index (χ1v) is 7.17. The SMILES string of the molecule is C[C@H]1CCC[C@@H]2CC[C@H]([C@]3(C)CO3)C(=O)[C@@]21C. The van der Waals surface area contributed by atoms with Gasteiger partial charge in [-0.2, -0.15) is 0 Å². The maximum absolute atomic E-state index is 12.9. The molecule has 0 unspecified atom stereocenters. The summed E-state index contributed by atoms with van der Waals surface area (Å²) in [6, 6.07) is 0. The summed E-state index contributed by atoms with van der Waals surface area (Å²) in [5.74, 6) is 1.88. The molecule has 2 aliphatic carbocycles. The second kappa shape index (κ2) is 3.57. The standard InChI is InChI=1S/C15H24O2/c1-10-5-4-6-11-7-8-12(14(2)9-17-14)13(16)15(10,11)3/h10-12H,4-9H2,1-3H3/t10-,11+,12-,14-,15+/m0/s1. The smallest absolute Gasteiger partial charge is 0.145 e. The number of carbonyl (C=O) groups excluding carboxylic acids is 1. The van der Waals surface area contributed by atoms with E-state index in [4.69, 9.17) is 4.74 Å². The van der Waals surface area contributed by atoms with E-state index in [2.05, 4.69) is 20.8 Å². The fourth-order valence-electron chi connectivity index (χ4n) is 4.33. The Morgan fingerprint density at radius 1 is 1.18 bits per heavy atom. The number of ether oxygens (including phenoxy) is 1. The molecule has 1 heterocycles. The molecule has 17 heavy (non-hydrogen) atoms. The largest absolute Gasteiger partial charge is 0.369 e. The molecule has 0 aromatic carbocycles. The highest BCUT2D eigenvalue weighted by atomic mass is 16.6. The van der Waals surface area contributed by atoms with E-state index in [-0.39, 0.29) is 16.9 Å². The van der Waals surface area contributed by atoms with Gasteiger partial charge in [-0.1, -0.05) is 20.3 Å². The zero-order valence-electron chi connectivity index (χ0n) is 11.3. The fourth-order valence-corrected chi connectivity index (χ4v) is 4.33. The molecule has 0 amide bonds. The molecule has 0 radical (unpaired) electrons. The summed E-state index contributed by atoms with van der Waals surface area (Å²) in [6.45, 7) is 7.43. The van der Waals surface area contributed by atoms with Gasteiger partial charge in [0.2, 0.25) is 0 Å². The van der Waals surface area contributed by atoms with E-state index in [0.29, 0.717) is 17.6 Å². The molecule has 1 aliphatic heterocycles. The van der Waals surface area contributed by atoms with Crippen LogP contribution in [0.25, 0.3) is 0 Å². The van der Waals surface area contributed by atoms with Gasteiger partial charge < -0.3 is 4.74 Å². The normalized spacial score (nSPS) is 54.3.